The SMILES string of the molecule is CN(c1ccc2nnc(-c3ccccc3F)n2n1)C1CCc2ccccc21. The molecule has 0 bridgehead atoms. The first kappa shape index (κ1) is 15.9. The van der Waals surface area contributed by atoms with Crippen LogP contribution in [0.15, 0.2) is 60.7 Å². The lowest BCUT2D eigenvalue weighted by Crippen LogP contribution is -2.24. The fourth-order valence-electron chi connectivity index (χ4n) is 3.87. The molecule has 2 heterocycles. The van der Waals surface area contributed by atoms with Crippen LogP contribution in [0, 0.1) is 5.82 Å². The van der Waals surface area contributed by atoms with Crippen LogP contribution < -0.4 is 4.90 Å². The van der Waals surface area contributed by atoms with E-state index in [-0.39, 0.29) is 11.9 Å². The number of fused-ring (bicyclic) bond motifs is 2. The number of anilines is 1. The molecule has 0 amide bonds. The maximum atomic E-state index is 14.2. The Kier molecular flexibility index (Phi) is 3.63. The fourth-order valence-corrected chi connectivity index (χ4v) is 3.87. The van der Waals surface area contributed by atoms with Crippen molar-refractivity contribution in [2.24, 2.45) is 0 Å². The molecular formula is C21H18FN5. The number of rotatable bonds is 3. The summed E-state index contributed by atoms with van der Waals surface area (Å²) in [6.07, 6.45) is 2.12. The zero-order chi connectivity index (χ0) is 18.4. The van der Waals surface area contributed by atoms with E-state index in [1.807, 2.05) is 19.2 Å². The van der Waals surface area contributed by atoms with Gasteiger partial charge in [0.05, 0.1) is 11.6 Å². The summed E-state index contributed by atoms with van der Waals surface area (Å²) >= 11 is 0. The Hall–Kier alpha value is -3.28. The van der Waals surface area contributed by atoms with Crippen molar-refractivity contribution in [2.75, 3.05) is 11.9 Å². The van der Waals surface area contributed by atoms with Gasteiger partial charge >= 0.3 is 0 Å². The van der Waals surface area contributed by atoms with Gasteiger partial charge in [0.1, 0.15) is 11.6 Å². The van der Waals surface area contributed by atoms with Crippen LogP contribution in [0.5, 0.6) is 0 Å². The average molecular weight is 359 g/mol. The van der Waals surface area contributed by atoms with E-state index in [0.717, 1.165) is 18.7 Å². The molecule has 5 nitrogen and oxygen atoms in total. The van der Waals surface area contributed by atoms with Crippen molar-refractivity contribution in [2.45, 2.75) is 18.9 Å². The predicted octanol–water partition coefficient (Wildman–Crippen LogP) is 4.05. The number of aromatic nitrogens is 4. The molecule has 2 aromatic heterocycles. The Morgan fingerprint density at radius 2 is 1.81 bits per heavy atom. The quantitative estimate of drug-likeness (QED) is 0.554. The van der Waals surface area contributed by atoms with E-state index in [4.69, 9.17) is 5.10 Å². The number of halogens is 1. The molecule has 1 unspecified atom stereocenters. The smallest absolute Gasteiger partial charge is 0.188 e. The van der Waals surface area contributed by atoms with Gasteiger partial charge in [0.15, 0.2) is 11.5 Å². The maximum Gasteiger partial charge on any atom is 0.188 e. The highest BCUT2D eigenvalue weighted by atomic mass is 19.1. The molecule has 0 N–H and O–H groups in total. The largest absolute Gasteiger partial charge is 0.351 e. The molecule has 0 saturated carbocycles. The molecule has 4 aromatic rings. The zero-order valence-electron chi connectivity index (χ0n) is 14.9. The first-order valence-electron chi connectivity index (χ1n) is 9.00. The summed E-state index contributed by atoms with van der Waals surface area (Å²) < 4.78 is 15.8. The third kappa shape index (κ3) is 2.56. The van der Waals surface area contributed by atoms with E-state index < -0.39 is 0 Å². The van der Waals surface area contributed by atoms with Gasteiger partial charge in [-0.1, -0.05) is 36.4 Å². The summed E-state index contributed by atoms with van der Waals surface area (Å²) in [5.74, 6) is 0.879. The molecule has 1 aliphatic rings. The molecule has 134 valence electrons. The highest BCUT2D eigenvalue weighted by molar-refractivity contribution is 5.60. The van der Waals surface area contributed by atoms with Gasteiger partial charge in [-0.25, -0.2) is 4.39 Å². The molecule has 0 aliphatic heterocycles. The minimum atomic E-state index is -0.336. The first-order valence-corrected chi connectivity index (χ1v) is 9.00. The molecule has 0 saturated heterocycles. The van der Waals surface area contributed by atoms with Gasteiger partial charge in [0.2, 0.25) is 0 Å². The van der Waals surface area contributed by atoms with Gasteiger partial charge in [-0.15, -0.1) is 15.3 Å². The number of hydrogen-bond donors (Lipinski definition) is 0. The van der Waals surface area contributed by atoms with Gasteiger partial charge in [0, 0.05) is 7.05 Å². The van der Waals surface area contributed by atoms with Crippen molar-refractivity contribution in [1.29, 1.82) is 0 Å². The lowest BCUT2D eigenvalue weighted by molar-refractivity contribution is 0.628. The third-order valence-corrected chi connectivity index (χ3v) is 5.29. The van der Waals surface area contributed by atoms with E-state index in [2.05, 4.69) is 39.4 Å². The molecule has 1 aliphatic carbocycles. The Morgan fingerprint density at radius 3 is 2.70 bits per heavy atom. The van der Waals surface area contributed by atoms with E-state index in [1.165, 1.54) is 17.2 Å². The van der Waals surface area contributed by atoms with Crippen LogP contribution in [0.3, 0.4) is 0 Å². The predicted molar refractivity (Wildman–Crippen MR) is 102 cm³/mol. The number of aryl methyl sites for hydroxylation is 1. The highest BCUT2D eigenvalue weighted by Crippen LogP contribution is 2.36. The van der Waals surface area contributed by atoms with Crippen LogP contribution in [-0.2, 0) is 6.42 Å². The van der Waals surface area contributed by atoms with Crippen molar-refractivity contribution < 1.29 is 4.39 Å². The minimum absolute atomic E-state index is 0.277. The van der Waals surface area contributed by atoms with E-state index in [1.54, 1.807) is 22.7 Å². The van der Waals surface area contributed by atoms with E-state index in [0.29, 0.717) is 17.0 Å². The van der Waals surface area contributed by atoms with Crippen LogP contribution in [0.25, 0.3) is 17.0 Å². The van der Waals surface area contributed by atoms with Crippen LogP contribution in [-0.4, -0.2) is 26.9 Å². The average Bonchev–Trinajstić information content (AvgIpc) is 3.31. The third-order valence-electron chi connectivity index (χ3n) is 5.29. The van der Waals surface area contributed by atoms with Gasteiger partial charge in [-0.2, -0.15) is 4.52 Å². The van der Waals surface area contributed by atoms with Crippen molar-refractivity contribution in [3.8, 4) is 11.4 Å². The second-order valence-electron chi connectivity index (χ2n) is 6.83. The molecule has 0 radical (unpaired) electrons. The first-order chi connectivity index (χ1) is 13.2. The second kappa shape index (κ2) is 6.16. The standard InChI is InChI=1S/C21H18FN5/c1-26(18-11-10-14-6-2-3-7-15(14)18)20-13-12-19-23-24-21(27(19)25-20)16-8-4-5-9-17(16)22/h2-9,12-13,18H,10-11H2,1H3. The summed E-state index contributed by atoms with van der Waals surface area (Å²) in [6, 6.07) is 19.2. The molecule has 2 aromatic carbocycles. The van der Waals surface area contributed by atoms with Crippen molar-refractivity contribution in [3.05, 3.63) is 77.6 Å². The summed E-state index contributed by atoms with van der Waals surface area (Å²) in [6.45, 7) is 0. The Morgan fingerprint density at radius 1 is 1.00 bits per heavy atom. The Bertz CT molecular complexity index is 1140. The Balaban J connectivity index is 1.57. The van der Waals surface area contributed by atoms with Crippen LogP contribution >= 0.6 is 0 Å². The van der Waals surface area contributed by atoms with Gasteiger partial charge in [-0.05, 0) is 48.2 Å². The van der Waals surface area contributed by atoms with Gasteiger partial charge in [-0.3, -0.25) is 0 Å². The van der Waals surface area contributed by atoms with Crippen molar-refractivity contribution >= 4 is 11.5 Å². The lowest BCUT2D eigenvalue weighted by atomic mass is 10.1. The van der Waals surface area contributed by atoms with Crippen molar-refractivity contribution in [1.82, 2.24) is 19.8 Å². The van der Waals surface area contributed by atoms with E-state index in [9.17, 15) is 4.39 Å². The molecule has 6 heteroatoms. The number of hydrogen-bond acceptors (Lipinski definition) is 4. The van der Waals surface area contributed by atoms with Crippen molar-refractivity contribution in [3.63, 3.8) is 0 Å². The lowest BCUT2D eigenvalue weighted by Gasteiger charge is -2.26. The monoisotopic (exact) mass is 359 g/mol. The fraction of sp³-hybridized carbons (Fsp3) is 0.190. The molecule has 0 spiro atoms. The second-order valence-corrected chi connectivity index (χ2v) is 6.83. The number of benzene rings is 2. The Labute approximate surface area is 156 Å². The topological polar surface area (TPSA) is 46.3 Å². The number of nitrogens with zero attached hydrogens (tertiary/aromatic N) is 5. The van der Waals surface area contributed by atoms with Gasteiger partial charge < -0.3 is 4.90 Å². The maximum absolute atomic E-state index is 14.2. The summed E-state index contributed by atoms with van der Waals surface area (Å²) in [7, 11) is 2.05. The van der Waals surface area contributed by atoms with Crippen LogP contribution in [0.1, 0.15) is 23.6 Å². The zero-order valence-corrected chi connectivity index (χ0v) is 14.9. The summed E-state index contributed by atoms with van der Waals surface area (Å²) in [5, 5.41) is 13.0. The van der Waals surface area contributed by atoms with E-state index >= 15 is 0 Å². The van der Waals surface area contributed by atoms with Crippen LogP contribution in [0.4, 0.5) is 10.2 Å². The van der Waals surface area contributed by atoms with Crippen LogP contribution in [0.2, 0.25) is 0 Å². The molecule has 1 atom stereocenters. The summed E-state index contributed by atoms with van der Waals surface area (Å²) in [5.41, 5.74) is 3.73. The summed E-state index contributed by atoms with van der Waals surface area (Å²) in [4.78, 5) is 2.18. The normalized spacial score (nSPS) is 15.9. The minimum Gasteiger partial charge on any atom is -0.351 e. The molecule has 0 fully saturated rings. The molecular weight excluding hydrogens is 341 g/mol. The molecule has 27 heavy (non-hydrogen) atoms. The molecule has 5 rings (SSSR count). The highest BCUT2D eigenvalue weighted by Gasteiger charge is 2.26. The van der Waals surface area contributed by atoms with Gasteiger partial charge in [0.25, 0.3) is 0 Å².